The molecule has 4 heterocycles. The lowest BCUT2D eigenvalue weighted by atomic mass is 9.58. The fourth-order valence-electron chi connectivity index (χ4n) is 5.80. The van der Waals surface area contributed by atoms with Crippen LogP contribution >= 0.6 is 0 Å². The second kappa shape index (κ2) is 6.59. The monoisotopic (exact) mass is 390 g/mol. The van der Waals surface area contributed by atoms with Crippen LogP contribution in [0.3, 0.4) is 0 Å². The largest absolute Gasteiger partial charge is 0.497 e. The van der Waals surface area contributed by atoms with E-state index in [2.05, 4.69) is 13.8 Å². The van der Waals surface area contributed by atoms with Crippen molar-refractivity contribution < 1.29 is 28.7 Å². The third-order valence-electron chi connectivity index (χ3n) is 7.41. The van der Waals surface area contributed by atoms with E-state index in [4.69, 9.17) is 28.7 Å². The van der Waals surface area contributed by atoms with Crippen molar-refractivity contribution >= 4 is 0 Å². The molecule has 6 rings (SSSR count). The summed E-state index contributed by atoms with van der Waals surface area (Å²) >= 11 is 0. The van der Waals surface area contributed by atoms with Crippen molar-refractivity contribution in [2.45, 2.75) is 70.4 Å². The Kier molecular flexibility index (Phi) is 4.40. The highest BCUT2D eigenvalue weighted by molar-refractivity contribution is 5.31. The van der Waals surface area contributed by atoms with Gasteiger partial charge in [-0.15, -0.1) is 0 Å². The van der Waals surface area contributed by atoms with Gasteiger partial charge in [-0.1, -0.05) is 13.8 Å². The molecule has 0 N–H and O–H groups in total. The molecule has 6 unspecified atom stereocenters. The molecule has 0 amide bonds. The molecule has 1 aliphatic carbocycles. The van der Waals surface area contributed by atoms with Crippen LogP contribution in [0.1, 0.15) is 46.5 Å². The lowest BCUT2D eigenvalue weighted by molar-refractivity contribution is -0.575. The van der Waals surface area contributed by atoms with Crippen LogP contribution in [0.4, 0.5) is 0 Å². The average molecular weight is 390 g/mol. The third-order valence-corrected chi connectivity index (χ3v) is 7.41. The SMILES string of the molecule is COc1ccc(OC2OC3OC4(C)CCC5C(C)CCC([C@H]2C)[C@@]35OO4)cc1. The molecule has 6 nitrogen and oxygen atoms in total. The van der Waals surface area contributed by atoms with Crippen molar-refractivity contribution in [3.63, 3.8) is 0 Å². The Morgan fingerprint density at radius 3 is 2.46 bits per heavy atom. The van der Waals surface area contributed by atoms with Gasteiger partial charge >= 0.3 is 0 Å². The number of fused-ring (bicyclic) bond motifs is 2. The van der Waals surface area contributed by atoms with Crippen LogP contribution in [0.25, 0.3) is 0 Å². The molecule has 5 fully saturated rings. The molecule has 1 saturated carbocycles. The Morgan fingerprint density at radius 1 is 0.964 bits per heavy atom. The van der Waals surface area contributed by atoms with E-state index in [1.165, 1.54) is 6.42 Å². The van der Waals surface area contributed by atoms with Gasteiger partial charge in [0.05, 0.1) is 7.11 Å². The molecule has 1 spiro atoms. The van der Waals surface area contributed by atoms with E-state index in [1.807, 2.05) is 31.2 Å². The van der Waals surface area contributed by atoms with E-state index >= 15 is 0 Å². The molecule has 154 valence electrons. The molecule has 28 heavy (non-hydrogen) atoms. The van der Waals surface area contributed by atoms with Crippen molar-refractivity contribution in [1.82, 2.24) is 0 Å². The van der Waals surface area contributed by atoms with Gasteiger partial charge in [0.1, 0.15) is 11.5 Å². The molecule has 2 bridgehead atoms. The van der Waals surface area contributed by atoms with Gasteiger partial charge in [0.25, 0.3) is 0 Å². The first-order chi connectivity index (χ1) is 13.4. The summed E-state index contributed by atoms with van der Waals surface area (Å²) in [4.78, 5) is 12.0. The van der Waals surface area contributed by atoms with Gasteiger partial charge in [0.2, 0.25) is 12.1 Å². The number of ether oxygens (including phenoxy) is 4. The van der Waals surface area contributed by atoms with Gasteiger partial charge in [-0.3, -0.25) is 0 Å². The van der Waals surface area contributed by atoms with Crippen molar-refractivity contribution in [1.29, 1.82) is 0 Å². The van der Waals surface area contributed by atoms with E-state index in [0.29, 0.717) is 11.8 Å². The summed E-state index contributed by atoms with van der Waals surface area (Å²) in [5.41, 5.74) is -0.549. The standard InChI is InChI=1S/C22H30O6/c1-13-5-10-18-14(2)19(24-16-8-6-15(23-4)7-9-16)25-20-22(18)17(13)11-12-21(3,26-20)27-28-22/h6-9,13-14,17-20H,5,10-12H2,1-4H3/t13?,14-,17?,18?,19?,20?,21?,22-/m1/s1. The van der Waals surface area contributed by atoms with Crippen molar-refractivity contribution in [2.24, 2.45) is 23.7 Å². The Hall–Kier alpha value is -1.34. The van der Waals surface area contributed by atoms with Gasteiger partial charge in [-0.05, 0) is 62.3 Å². The lowest BCUT2D eigenvalue weighted by Gasteiger charge is -2.60. The summed E-state index contributed by atoms with van der Waals surface area (Å²) in [7, 11) is 1.66. The van der Waals surface area contributed by atoms with Gasteiger partial charge in [-0.2, -0.15) is 0 Å². The number of hydrogen-bond donors (Lipinski definition) is 0. The van der Waals surface area contributed by atoms with Crippen LogP contribution in [0, 0.1) is 23.7 Å². The summed E-state index contributed by atoms with van der Waals surface area (Å²) in [6.45, 7) is 6.46. The molecular formula is C22H30O6. The summed E-state index contributed by atoms with van der Waals surface area (Å²) < 4.78 is 24.3. The number of benzene rings is 1. The van der Waals surface area contributed by atoms with E-state index in [0.717, 1.165) is 30.8 Å². The maximum atomic E-state index is 6.44. The fraction of sp³-hybridized carbons (Fsp3) is 0.727. The van der Waals surface area contributed by atoms with Crippen LogP contribution in [-0.2, 0) is 19.2 Å². The zero-order valence-electron chi connectivity index (χ0n) is 17.1. The third kappa shape index (κ3) is 2.69. The minimum atomic E-state index is -0.761. The molecule has 0 aromatic heterocycles. The number of hydrogen-bond acceptors (Lipinski definition) is 6. The van der Waals surface area contributed by atoms with E-state index in [1.54, 1.807) is 7.11 Å². The second-order valence-electron chi connectivity index (χ2n) is 9.07. The Balaban J connectivity index is 1.46. The second-order valence-corrected chi connectivity index (χ2v) is 9.07. The Labute approximate surface area is 166 Å². The first-order valence-corrected chi connectivity index (χ1v) is 10.5. The predicted octanol–water partition coefficient (Wildman–Crippen LogP) is 4.28. The Morgan fingerprint density at radius 2 is 1.71 bits per heavy atom. The van der Waals surface area contributed by atoms with Gasteiger partial charge in [-0.25, -0.2) is 9.78 Å². The normalized spacial score (nSPS) is 47.1. The topological polar surface area (TPSA) is 55.4 Å². The lowest BCUT2D eigenvalue weighted by Crippen LogP contribution is -2.70. The Bertz CT molecular complexity index is 722. The maximum absolute atomic E-state index is 6.44. The zero-order chi connectivity index (χ0) is 19.5. The number of rotatable bonds is 3. The highest BCUT2D eigenvalue weighted by atomic mass is 17.3. The molecule has 4 aliphatic heterocycles. The van der Waals surface area contributed by atoms with Crippen LogP contribution in [0.15, 0.2) is 24.3 Å². The van der Waals surface area contributed by atoms with Crippen LogP contribution in [-0.4, -0.2) is 31.1 Å². The first-order valence-electron chi connectivity index (χ1n) is 10.5. The minimum absolute atomic E-state index is 0.156. The highest BCUT2D eigenvalue weighted by Gasteiger charge is 2.69. The quantitative estimate of drug-likeness (QED) is 0.718. The molecule has 0 radical (unpaired) electrons. The maximum Gasteiger partial charge on any atom is 0.205 e. The van der Waals surface area contributed by atoms with Gasteiger partial charge < -0.3 is 18.9 Å². The van der Waals surface area contributed by atoms with Crippen molar-refractivity contribution in [3.8, 4) is 11.5 Å². The molecule has 8 atom stereocenters. The zero-order valence-corrected chi connectivity index (χ0v) is 17.1. The molecular weight excluding hydrogens is 360 g/mol. The van der Waals surface area contributed by atoms with Gasteiger partial charge in [0.15, 0.2) is 11.9 Å². The molecule has 6 heteroatoms. The van der Waals surface area contributed by atoms with Crippen molar-refractivity contribution in [2.75, 3.05) is 7.11 Å². The van der Waals surface area contributed by atoms with E-state index < -0.39 is 24.0 Å². The predicted molar refractivity (Wildman–Crippen MR) is 100 cm³/mol. The number of methoxy groups -OCH3 is 1. The molecule has 1 aromatic rings. The molecule has 1 aromatic carbocycles. The van der Waals surface area contributed by atoms with E-state index in [9.17, 15) is 0 Å². The highest BCUT2D eigenvalue weighted by Crippen LogP contribution is 2.60. The summed E-state index contributed by atoms with van der Waals surface area (Å²) in [5, 5.41) is 0. The average Bonchev–Trinajstić information content (AvgIpc) is 2.92. The molecule has 5 aliphatic rings. The van der Waals surface area contributed by atoms with Crippen LogP contribution in [0.5, 0.6) is 11.5 Å². The summed E-state index contributed by atoms with van der Waals surface area (Å²) in [6, 6.07) is 7.60. The fourth-order valence-corrected chi connectivity index (χ4v) is 5.80. The first kappa shape index (κ1) is 18.7. The molecule has 4 saturated heterocycles. The van der Waals surface area contributed by atoms with Crippen LogP contribution < -0.4 is 9.47 Å². The minimum Gasteiger partial charge on any atom is -0.497 e. The van der Waals surface area contributed by atoms with Crippen molar-refractivity contribution in [3.05, 3.63) is 24.3 Å². The van der Waals surface area contributed by atoms with Gasteiger partial charge in [0, 0.05) is 18.3 Å². The summed E-state index contributed by atoms with van der Waals surface area (Å²) in [6.07, 6.45) is 3.22. The van der Waals surface area contributed by atoms with E-state index in [-0.39, 0.29) is 11.8 Å². The smallest absolute Gasteiger partial charge is 0.205 e. The van der Waals surface area contributed by atoms with Crippen LogP contribution in [0.2, 0.25) is 0 Å². The summed E-state index contributed by atoms with van der Waals surface area (Å²) in [5.74, 6) is 2.14.